The minimum absolute atomic E-state index is 0.324. The van der Waals surface area contributed by atoms with Gasteiger partial charge in [-0.05, 0) is 31.0 Å². The number of hydrogen-bond acceptors (Lipinski definition) is 4. The van der Waals surface area contributed by atoms with Crippen LogP contribution in [0.4, 0.5) is 11.4 Å². The first-order valence-corrected chi connectivity index (χ1v) is 6.23. The number of anilines is 2. The molecule has 0 radical (unpaired) electrons. The molecule has 0 unspecified atom stereocenters. The first-order chi connectivity index (χ1) is 8.45. The van der Waals surface area contributed by atoms with E-state index < -0.39 is 0 Å². The number of benzene rings is 1. The summed E-state index contributed by atoms with van der Waals surface area (Å²) in [7, 11) is 1.97. The van der Waals surface area contributed by atoms with Crippen LogP contribution in [0.5, 0.6) is 0 Å². The Bertz CT molecular complexity index is 416. The third-order valence-electron chi connectivity index (χ3n) is 2.57. The molecule has 0 fully saturated rings. The zero-order chi connectivity index (χ0) is 13.7. The number of carbonyl (C=O) groups is 1. The van der Waals surface area contributed by atoms with Gasteiger partial charge in [-0.15, -0.1) is 0 Å². The molecule has 0 saturated carbocycles. The normalized spacial score (nSPS) is 10.5. The van der Waals surface area contributed by atoms with Gasteiger partial charge >= 0.3 is 5.97 Å². The van der Waals surface area contributed by atoms with Gasteiger partial charge in [0.25, 0.3) is 0 Å². The second kappa shape index (κ2) is 6.28. The summed E-state index contributed by atoms with van der Waals surface area (Å²) in [5.41, 5.74) is 7.69. The fourth-order valence-electron chi connectivity index (χ4n) is 1.90. The molecule has 1 aromatic carbocycles. The van der Waals surface area contributed by atoms with E-state index in [9.17, 15) is 4.79 Å². The smallest absolute Gasteiger partial charge is 0.340 e. The lowest BCUT2D eigenvalue weighted by atomic mass is 10.1. The van der Waals surface area contributed by atoms with Crippen molar-refractivity contribution in [2.45, 2.75) is 20.8 Å². The number of hydrogen-bond donors (Lipinski definition) is 1. The lowest BCUT2D eigenvalue weighted by Gasteiger charge is -2.23. The minimum atomic E-state index is -0.324. The largest absolute Gasteiger partial charge is 0.462 e. The number of esters is 1. The molecule has 0 aromatic heterocycles. The molecule has 4 nitrogen and oxygen atoms in total. The lowest BCUT2D eigenvalue weighted by Crippen LogP contribution is -2.25. The first-order valence-electron chi connectivity index (χ1n) is 6.23. The third kappa shape index (κ3) is 3.65. The van der Waals surface area contributed by atoms with E-state index in [-0.39, 0.29) is 5.97 Å². The van der Waals surface area contributed by atoms with Crippen LogP contribution < -0.4 is 10.6 Å². The Morgan fingerprint density at radius 1 is 1.44 bits per heavy atom. The molecule has 4 heteroatoms. The molecule has 0 aliphatic heterocycles. The van der Waals surface area contributed by atoms with Crippen LogP contribution in [-0.2, 0) is 4.74 Å². The second-order valence-corrected chi connectivity index (χ2v) is 4.77. The van der Waals surface area contributed by atoms with Crippen molar-refractivity contribution in [3.63, 3.8) is 0 Å². The lowest BCUT2D eigenvalue weighted by molar-refractivity contribution is 0.0527. The van der Waals surface area contributed by atoms with Crippen molar-refractivity contribution < 1.29 is 9.53 Å². The molecule has 1 aromatic rings. The number of ether oxygens (including phenoxy) is 1. The molecule has 2 N–H and O–H groups in total. The molecular formula is C14H22N2O2. The van der Waals surface area contributed by atoms with Gasteiger partial charge in [-0.2, -0.15) is 0 Å². The summed E-state index contributed by atoms with van der Waals surface area (Å²) in [4.78, 5) is 14.0. The van der Waals surface area contributed by atoms with E-state index in [1.807, 2.05) is 13.1 Å². The molecule has 18 heavy (non-hydrogen) atoms. The molecule has 0 aliphatic carbocycles. The molecule has 0 saturated heterocycles. The molecule has 0 aliphatic rings. The predicted octanol–water partition coefficient (Wildman–Crippen LogP) is 2.54. The quantitative estimate of drug-likeness (QED) is 0.644. The van der Waals surface area contributed by atoms with E-state index in [1.165, 1.54) is 0 Å². The Kier molecular flexibility index (Phi) is 5.01. The van der Waals surface area contributed by atoms with Gasteiger partial charge in [0.05, 0.1) is 17.9 Å². The van der Waals surface area contributed by atoms with Crippen molar-refractivity contribution in [2.75, 3.05) is 30.8 Å². The van der Waals surface area contributed by atoms with Gasteiger partial charge in [-0.25, -0.2) is 4.79 Å². The molecule has 0 atom stereocenters. The highest BCUT2D eigenvalue weighted by Crippen LogP contribution is 2.23. The number of nitrogens with two attached hydrogens (primary N) is 1. The zero-order valence-electron chi connectivity index (χ0n) is 11.6. The van der Waals surface area contributed by atoms with E-state index in [0.717, 1.165) is 12.2 Å². The van der Waals surface area contributed by atoms with E-state index >= 15 is 0 Å². The van der Waals surface area contributed by atoms with Gasteiger partial charge in [0.1, 0.15) is 0 Å². The van der Waals surface area contributed by atoms with Crippen molar-refractivity contribution in [1.82, 2.24) is 0 Å². The summed E-state index contributed by atoms with van der Waals surface area (Å²) in [6, 6.07) is 5.34. The van der Waals surface area contributed by atoms with Crippen LogP contribution in [-0.4, -0.2) is 26.2 Å². The van der Waals surface area contributed by atoms with Gasteiger partial charge < -0.3 is 15.4 Å². The number of rotatable bonds is 5. The Labute approximate surface area is 109 Å². The summed E-state index contributed by atoms with van der Waals surface area (Å²) in [5.74, 6) is 0.193. The summed E-state index contributed by atoms with van der Waals surface area (Å²) in [6.45, 7) is 7.30. The van der Waals surface area contributed by atoms with Crippen LogP contribution in [0.1, 0.15) is 31.1 Å². The highest BCUT2D eigenvalue weighted by molar-refractivity contribution is 5.97. The third-order valence-corrected chi connectivity index (χ3v) is 2.57. The predicted molar refractivity (Wildman–Crippen MR) is 74.9 cm³/mol. The highest BCUT2D eigenvalue weighted by atomic mass is 16.5. The highest BCUT2D eigenvalue weighted by Gasteiger charge is 2.16. The number of nitrogen functional groups attached to an aromatic ring is 1. The van der Waals surface area contributed by atoms with E-state index in [2.05, 4.69) is 18.7 Å². The van der Waals surface area contributed by atoms with Gasteiger partial charge in [0.2, 0.25) is 0 Å². The summed E-state index contributed by atoms with van der Waals surface area (Å²) in [6.07, 6.45) is 0. The van der Waals surface area contributed by atoms with Crippen LogP contribution >= 0.6 is 0 Å². The maximum atomic E-state index is 11.9. The SMILES string of the molecule is CCOC(=O)c1cc(N)ccc1N(C)CC(C)C. The zero-order valence-corrected chi connectivity index (χ0v) is 11.6. The molecule has 100 valence electrons. The van der Waals surface area contributed by atoms with E-state index in [1.54, 1.807) is 19.1 Å². The van der Waals surface area contributed by atoms with E-state index in [0.29, 0.717) is 23.8 Å². The van der Waals surface area contributed by atoms with Gasteiger partial charge in [0.15, 0.2) is 0 Å². The average molecular weight is 250 g/mol. The van der Waals surface area contributed by atoms with Crippen molar-refractivity contribution in [3.05, 3.63) is 23.8 Å². The fourth-order valence-corrected chi connectivity index (χ4v) is 1.90. The van der Waals surface area contributed by atoms with Crippen molar-refractivity contribution in [2.24, 2.45) is 5.92 Å². The minimum Gasteiger partial charge on any atom is -0.462 e. The molecule has 1 rings (SSSR count). The Balaban J connectivity index is 3.06. The fraction of sp³-hybridized carbons (Fsp3) is 0.500. The van der Waals surface area contributed by atoms with Gasteiger partial charge in [-0.3, -0.25) is 0 Å². The Hall–Kier alpha value is -1.71. The van der Waals surface area contributed by atoms with Crippen LogP contribution in [0.15, 0.2) is 18.2 Å². The maximum Gasteiger partial charge on any atom is 0.340 e. The molecule has 0 bridgehead atoms. The van der Waals surface area contributed by atoms with Gasteiger partial charge in [-0.1, -0.05) is 13.8 Å². The Morgan fingerprint density at radius 2 is 2.11 bits per heavy atom. The summed E-state index contributed by atoms with van der Waals surface area (Å²) >= 11 is 0. The first kappa shape index (κ1) is 14.4. The number of nitrogens with zero attached hydrogens (tertiary/aromatic N) is 1. The van der Waals surface area contributed by atoms with Crippen molar-refractivity contribution in [1.29, 1.82) is 0 Å². The maximum absolute atomic E-state index is 11.9. The van der Waals surface area contributed by atoms with Gasteiger partial charge in [0, 0.05) is 19.3 Å². The molecule has 0 amide bonds. The number of carbonyl (C=O) groups excluding carboxylic acids is 1. The molecule has 0 heterocycles. The summed E-state index contributed by atoms with van der Waals surface area (Å²) < 4.78 is 5.06. The van der Waals surface area contributed by atoms with Crippen molar-refractivity contribution >= 4 is 17.3 Å². The van der Waals surface area contributed by atoms with Crippen LogP contribution in [0.25, 0.3) is 0 Å². The van der Waals surface area contributed by atoms with Crippen molar-refractivity contribution in [3.8, 4) is 0 Å². The van der Waals surface area contributed by atoms with Crippen LogP contribution in [0.3, 0.4) is 0 Å². The molecular weight excluding hydrogens is 228 g/mol. The van der Waals surface area contributed by atoms with E-state index in [4.69, 9.17) is 10.5 Å². The van der Waals surface area contributed by atoms with Crippen LogP contribution in [0.2, 0.25) is 0 Å². The average Bonchev–Trinajstić information content (AvgIpc) is 2.28. The van der Waals surface area contributed by atoms with Crippen LogP contribution in [0, 0.1) is 5.92 Å². The topological polar surface area (TPSA) is 55.6 Å². The standard InChI is InChI=1S/C14H22N2O2/c1-5-18-14(17)12-8-11(15)6-7-13(12)16(4)9-10(2)3/h6-8,10H,5,9,15H2,1-4H3. The second-order valence-electron chi connectivity index (χ2n) is 4.77. The Morgan fingerprint density at radius 3 is 2.67 bits per heavy atom. The summed E-state index contributed by atoms with van der Waals surface area (Å²) in [5, 5.41) is 0. The monoisotopic (exact) mass is 250 g/mol. The molecule has 0 spiro atoms.